The Balaban J connectivity index is 0.000000240. The Bertz CT molecular complexity index is 668. The summed E-state index contributed by atoms with van der Waals surface area (Å²) >= 11 is 0. The van der Waals surface area contributed by atoms with E-state index in [2.05, 4.69) is 33.6 Å². The normalized spacial score (nSPS) is 10.2. The third-order valence-electron chi connectivity index (χ3n) is 2.39. The van der Waals surface area contributed by atoms with Crippen molar-refractivity contribution in [3.8, 4) is 23.7 Å². The van der Waals surface area contributed by atoms with E-state index in [1.54, 1.807) is 76.7 Å². The van der Waals surface area contributed by atoms with E-state index in [4.69, 9.17) is 0 Å². The molecule has 0 bridgehead atoms. The minimum absolute atomic E-state index is 0.868. The Morgan fingerprint density at radius 3 is 1.21 bits per heavy atom. The maximum Gasteiger partial charge on any atom is 0.120 e. The molecule has 0 aliphatic heterocycles. The fraction of sp³-hybridized carbons (Fsp3) is 0.300. The van der Waals surface area contributed by atoms with E-state index < -0.39 is 11.2 Å². The molecule has 2 aromatic rings. The van der Waals surface area contributed by atoms with Gasteiger partial charge in [-0.05, 0) is 52.0 Å². The van der Waals surface area contributed by atoms with E-state index in [1.807, 2.05) is 0 Å². The number of hydrogen-bond acceptors (Lipinski definition) is 4. The molecule has 0 radical (unpaired) electrons. The average molecular weight is 322 g/mol. The zero-order valence-electron chi connectivity index (χ0n) is 14.4. The first-order valence-corrected chi connectivity index (χ1v) is 7.47. The van der Waals surface area contributed by atoms with Crippen LogP contribution in [0.2, 0.25) is 0 Å². The van der Waals surface area contributed by atoms with Gasteiger partial charge in [0.25, 0.3) is 0 Å². The van der Waals surface area contributed by atoms with E-state index in [-0.39, 0.29) is 0 Å². The van der Waals surface area contributed by atoms with Crippen LogP contribution in [0.5, 0.6) is 0 Å². The quantitative estimate of drug-likeness (QED) is 0.731. The van der Waals surface area contributed by atoms with Crippen molar-refractivity contribution in [1.29, 1.82) is 0 Å². The van der Waals surface area contributed by atoms with Crippen LogP contribution in [0.4, 0.5) is 0 Å². The Kier molecular flexibility index (Phi) is 7.14. The molecule has 124 valence electrons. The predicted octanol–water partition coefficient (Wildman–Crippen LogP) is 2.41. The third-order valence-corrected chi connectivity index (χ3v) is 2.39. The van der Waals surface area contributed by atoms with Crippen molar-refractivity contribution in [3.05, 3.63) is 60.2 Å². The van der Waals surface area contributed by atoms with Gasteiger partial charge >= 0.3 is 0 Å². The highest BCUT2D eigenvalue weighted by Crippen LogP contribution is 2.00. The number of aromatic nitrogens is 2. The molecule has 24 heavy (non-hydrogen) atoms. The molecule has 2 rings (SSSR count). The monoisotopic (exact) mass is 322 g/mol. The average Bonchev–Trinajstić information content (AvgIpc) is 2.52. The number of aliphatic hydroxyl groups is 2. The zero-order valence-corrected chi connectivity index (χ0v) is 14.4. The number of hydrogen-bond donors (Lipinski definition) is 2. The topological polar surface area (TPSA) is 66.2 Å². The summed E-state index contributed by atoms with van der Waals surface area (Å²) in [6.07, 6.45) is 6.70. The molecule has 0 aromatic carbocycles. The van der Waals surface area contributed by atoms with Crippen LogP contribution in [0.25, 0.3) is 0 Å². The fourth-order valence-corrected chi connectivity index (χ4v) is 1.32. The molecule has 0 fully saturated rings. The van der Waals surface area contributed by atoms with Crippen LogP contribution in [-0.2, 0) is 0 Å². The first kappa shape index (κ1) is 19.4. The summed E-state index contributed by atoms with van der Waals surface area (Å²) in [5.41, 5.74) is -0.119. The summed E-state index contributed by atoms with van der Waals surface area (Å²) in [5, 5.41) is 18.6. The molecule has 0 saturated carbocycles. The van der Waals surface area contributed by atoms with Gasteiger partial charge in [-0.2, -0.15) is 0 Å². The van der Waals surface area contributed by atoms with Crippen LogP contribution in [-0.4, -0.2) is 31.4 Å². The summed E-state index contributed by atoms with van der Waals surface area (Å²) in [5.74, 6) is 11.1. The van der Waals surface area contributed by atoms with Crippen molar-refractivity contribution in [2.24, 2.45) is 0 Å². The highest BCUT2D eigenvalue weighted by molar-refractivity contribution is 5.34. The second-order valence-corrected chi connectivity index (χ2v) is 6.09. The van der Waals surface area contributed by atoms with Gasteiger partial charge in [0.1, 0.15) is 11.2 Å². The van der Waals surface area contributed by atoms with Crippen LogP contribution < -0.4 is 0 Å². The van der Waals surface area contributed by atoms with E-state index in [0.29, 0.717) is 0 Å². The van der Waals surface area contributed by atoms with Crippen LogP contribution in [0.1, 0.15) is 38.8 Å². The summed E-state index contributed by atoms with van der Waals surface area (Å²) < 4.78 is 0. The summed E-state index contributed by atoms with van der Waals surface area (Å²) in [6, 6.07) is 7.22. The first-order chi connectivity index (χ1) is 11.2. The zero-order chi connectivity index (χ0) is 18.1. The van der Waals surface area contributed by atoms with E-state index >= 15 is 0 Å². The molecule has 4 heteroatoms. The molecular formula is C20H22N2O2. The molecule has 0 saturated heterocycles. The summed E-state index contributed by atoms with van der Waals surface area (Å²) in [7, 11) is 0. The van der Waals surface area contributed by atoms with Crippen LogP contribution in [0.15, 0.2) is 49.1 Å². The predicted molar refractivity (Wildman–Crippen MR) is 94.8 cm³/mol. The van der Waals surface area contributed by atoms with Crippen molar-refractivity contribution in [2.75, 3.05) is 0 Å². The Morgan fingerprint density at radius 2 is 0.958 bits per heavy atom. The molecule has 0 aliphatic carbocycles. The van der Waals surface area contributed by atoms with Gasteiger partial charge in [-0.3, -0.25) is 9.97 Å². The van der Waals surface area contributed by atoms with Gasteiger partial charge in [0, 0.05) is 35.9 Å². The Labute approximate surface area is 143 Å². The molecule has 0 aliphatic rings. The SMILES string of the molecule is CC(C)(O)C#Cc1ccncc1.CC(C)(O)C#Cc1ccncc1. The minimum Gasteiger partial charge on any atom is -0.378 e. The van der Waals surface area contributed by atoms with Crippen molar-refractivity contribution >= 4 is 0 Å². The van der Waals surface area contributed by atoms with E-state index in [1.165, 1.54) is 0 Å². The lowest BCUT2D eigenvalue weighted by Crippen LogP contribution is -2.14. The number of rotatable bonds is 0. The Morgan fingerprint density at radius 1 is 0.667 bits per heavy atom. The van der Waals surface area contributed by atoms with Gasteiger partial charge in [0.2, 0.25) is 0 Å². The highest BCUT2D eigenvalue weighted by atomic mass is 16.3. The third kappa shape index (κ3) is 10.1. The van der Waals surface area contributed by atoms with Gasteiger partial charge in [0.15, 0.2) is 0 Å². The van der Waals surface area contributed by atoms with Gasteiger partial charge in [-0.1, -0.05) is 23.7 Å². The smallest absolute Gasteiger partial charge is 0.120 e. The van der Waals surface area contributed by atoms with Crippen molar-refractivity contribution in [3.63, 3.8) is 0 Å². The van der Waals surface area contributed by atoms with Crippen molar-refractivity contribution in [1.82, 2.24) is 9.97 Å². The Hall–Kier alpha value is -2.66. The van der Waals surface area contributed by atoms with Crippen LogP contribution in [0.3, 0.4) is 0 Å². The molecule has 4 nitrogen and oxygen atoms in total. The molecule has 0 unspecified atom stereocenters. The summed E-state index contributed by atoms with van der Waals surface area (Å²) in [4.78, 5) is 7.72. The molecular weight excluding hydrogens is 300 g/mol. The first-order valence-electron chi connectivity index (χ1n) is 7.47. The second-order valence-electron chi connectivity index (χ2n) is 6.09. The molecule has 2 N–H and O–H groups in total. The molecule has 0 amide bonds. The fourth-order valence-electron chi connectivity index (χ4n) is 1.32. The maximum atomic E-state index is 9.29. The highest BCUT2D eigenvalue weighted by Gasteiger charge is 2.05. The largest absolute Gasteiger partial charge is 0.378 e. The molecule has 0 spiro atoms. The van der Waals surface area contributed by atoms with Crippen LogP contribution >= 0.6 is 0 Å². The molecule has 2 aromatic heterocycles. The van der Waals surface area contributed by atoms with Gasteiger partial charge in [-0.25, -0.2) is 0 Å². The minimum atomic E-state index is -0.927. The van der Waals surface area contributed by atoms with E-state index in [9.17, 15) is 10.2 Å². The van der Waals surface area contributed by atoms with Crippen molar-refractivity contribution < 1.29 is 10.2 Å². The van der Waals surface area contributed by atoms with Gasteiger partial charge in [0.05, 0.1) is 0 Å². The lowest BCUT2D eigenvalue weighted by atomic mass is 10.1. The molecule has 0 atom stereocenters. The summed E-state index contributed by atoms with van der Waals surface area (Å²) in [6.45, 7) is 6.62. The second kappa shape index (κ2) is 8.84. The standard InChI is InChI=1S/2C10H11NO/c2*1-10(2,12)6-3-9-4-7-11-8-5-9/h2*4-5,7-8,12H,1-2H3. The number of nitrogens with zero attached hydrogens (tertiary/aromatic N) is 2. The van der Waals surface area contributed by atoms with Gasteiger partial charge < -0.3 is 10.2 Å². The number of pyridine rings is 2. The van der Waals surface area contributed by atoms with Gasteiger partial charge in [-0.15, -0.1) is 0 Å². The van der Waals surface area contributed by atoms with E-state index in [0.717, 1.165) is 11.1 Å². The van der Waals surface area contributed by atoms with Crippen LogP contribution in [0, 0.1) is 23.7 Å². The van der Waals surface area contributed by atoms with Crippen molar-refractivity contribution in [2.45, 2.75) is 38.9 Å². The molecule has 2 heterocycles. The lowest BCUT2D eigenvalue weighted by Gasteiger charge is -2.05. The lowest BCUT2D eigenvalue weighted by molar-refractivity contribution is 0.143. The maximum absolute atomic E-state index is 9.29.